The SMILES string of the molecule is CC/C=C\C/C=C\C/C=C\C/C=C\C/C=C\C/C=C\CCC(=O)OC(COC(=O)CCCCCCCCCCCCCCCCCCCCCCCCCCC/C=C\CCCCCCCCCC)COC(OCC[N+](C)(C)C)C(=O)O. The van der Waals surface area contributed by atoms with E-state index in [4.69, 9.17) is 18.9 Å². The average molecular weight is 1140 g/mol. The lowest BCUT2D eigenvalue weighted by atomic mass is 10.0. The maximum atomic E-state index is 12.8. The monoisotopic (exact) mass is 1130 g/mol. The third-order valence-electron chi connectivity index (χ3n) is 14.6. The Balaban J connectivity index is 4.06. The topological polar surface area (TPSA) is 108 Å². The van der Waals surface area contributed by atoms with Gasteiger partial charge in [0.1, 0.15) is 13.2 Å². The molecule has 0 aliphatic rings. The van der Waals surface area contributed by atoms with Crippen molar-refractivity contribution >= 4 is 17.9 Å². The van der Waals surface area contributed by atoms with Gasteiger partial charge in [-0.25, -0.2) is 4.79 Å². The Kier molecular flexibility index (Phi) is 59.8. The Bertz CT molecular complexity index is 1600. The van der Waals surface area contributed by atoms with Gasteiger partial charge in [-0.3, -0.25) is 9.59 Å². The van der Waals surface area contributed by atoms with E-state index in [0.717, 1.165) is 57.8 Å². The van der Waals surface area contributed by atoms with Crippen molar-refractivity contribution in [2.45, 2.75) is 309 Å². The van der Waals surface area contributed by atoms with Crippen molar-refractivity contribution in [2.75, 3.05) is 47.5 Å². The molecule has 0 saturated heterocycles. The number of nitrogens with zero attached hydrogens (tertiary/aromatic N) is 1. The molecule has 2 unspecified atom stereocenters. The third-order valence-corrected chi connectivity index (χ3v) is 14.6. The van der Waals surface area contributed by atoms with Crippen LogP contribution in [0.5, 0.6) is 0 Å². The second-order valence-electron chi connectivity index (χ2n) is 23.7. The maximum absolute atomic E-state index is 12.8. The fraction of sp³-hybridized carbons (Fsp3) is 0.764. The van der Waals surface area contributed by atoms with E-state index < -0.39 is 24.3 Å². The quantitative estimate of drug-likeness (QED) is 0.0211. The number of carboxylic acid groups (broad SMARTS) is 1. The lowest BCUT2D eigenvalue weighted by molar-refractivity contribution is -0.870. The van der Waals surface area contributed by atoms with Gasteiger partial charge in [-0.15, -0.1) is 0 Å². The molecule has 0 heterocycles. The van der Waals surface area contributed by atoms with Crippen LogP contribution >= 0.6 is 0 Å². The molecule has 0 aliphatic carbocycles. The summed E-state index contributed by atoms with van der Waals surface area (Å²) < 4.78 is 22.8. The predicted molar refractivity (Wildman–Crippen MR) is 346 cm³/mol. The van der Waals surface area contributed by atoms with Gasteiger partial charge in [0.05, 0.1) is 34.4 Å². The van der Waals surface area contributed by atoms with Gasteiger partial charge in [0.2, 0.25) is 0 Å². The number of hydrogen-bond acceptors (Lipinski definition) is 7. The second-order valence-corrected chi connectivity index (χ2v) is 23.7. The fourth-order valence-electron chi connectivity index (χ4n) is 9.51. The van der Waals surface area contributed by atoms with Crippen LogP contribution in [0.25, 0.3) is 0 Å². The summed E-state index contributed by atoms with van der Waals surface area (Å²) >= 11 is 0. The zero-order valence-corrected chi connectivity index (χ0v) is 53.4. The zero-order valence-electron chi connectivity index (χ0n) is 53.4. The summed E-state index contributed by atoms with van der Waals surface area (Å²) in [5.41, 5.74) is 0. The van der Waals surface area contributed by atoms with Crippen LogP contribution < -0.4 is 0 Å². The van der Waals surface area contributed by atoms with Crippen LogP contribution in [0.3, 0.4) is 0 Å². The van der Waals surface area contributed by atoms with E-state index in [2.05, 4.69) is 86.8 Å². The summed E-state index contributed by atoms with van der Waals surface area (Å²) in [6.45, 7) is 4.70. The normalized spacial score (nSPS) is 13.2. The largest absolute Gasteiger partial charge is 0.477 e. The number of carbonyl (C=O) groups excluding carboxylic acids is 2. The summed E-state index contributed by atoms with van der Waals surface area (Å²) in [5, 5.41) is 9.71. The number of esters is 2. The highest BCUT2D eigenvalue weighted by atomic mass is 16.7. The number of hydrogen-bond donors (Lipinski definition) is 1. The molecule has 0 aliphatic heterocycles. The number of unbranched alkanes of at least 4 members (excludes halogenated alkanes) is 33. The van der Waals surface area contributed by atoms with Crippen molar-refractivity contribution in [2.24, 2.45) is 0 Å². The number of carbonyl (C=O) groups is 3. The molecule has 0 aromatic rings. The molecule has 0 bridgehead atoms. The second kappa shape index (κ2) is 62.5. The molecule has 0 amide bonds. The summed E-state index contributed by atoms with van der Waals surface area (Å²) in [5.74, 6) is -2.11. The van der Waals surface area contributed by atoms with Crippen molar-refractivity contribution in [1.29, 1.82) is 0 Å². The van der Waals surface area contributed by atoms with Crippen LogP contribution in [0.1, 0.15) is 296 Å². The predicted octanol–water partition coefficient (Wildman–Crippen LogP) is 20.7. The van der Waals surface area contributed by atoms with Crippen molar-refractivity contribution in [3.8, 4) is 0 Å². The highest BCUT2D eigenvalue weighted by molar-refractivity contribution is 5.71. The van der Waals surface area contributed by atoms with Gasteiger partial charge in [0.15, 0.2) is 6.10 Å². The van der Waals surface area contributed by atoms with E-state index in [9.17, 15) is 19.5 Å². The summed E-state index contributed by atoms with van der Waals surface area (Å²) in [6, 6.07) is 0. The van der Waals surface area contributed by atoms with E-state index in [1.54, 1.807) is 0 Å². The molecule has 0 aromatic heterocycles. The first kappa shape index (κ1) is 77.5. The smallest absolute Gasteiger partial charge is 0.361 e. The van der Waals surface area contributed by atoms with Crippen molar-refractivity contribution in [3.05, 3.63) is 85.1 Å². The van der Waals surface area contributed by atoms with Crippen LogP contribution in [0.2, 0.25) is 0 Å². The standard InChI is InChI=1S/C72H127NO8/c1-6-8-10-12-14-16-18-20-22-24-26-27-28-29-30-31-32-33-34-35-36-37-38-39-40-41-42-43-45-46-48-50-52-54-56-58-60-62-69(74)79-66-68(67-80-72(71(76)77)78-65-64-73(3,4)5)81-70(75)63-61-59-57-55-53-51-49-47-44-25-23-21-19-17-15-13-11-9-7-2/h9,11,15,17,21,23-24,26,44,47,51,53,57,59,68,72H,6-8,10,12-14,16,18-20,22,25,27-43,45-46,48-50,52,54-56,58,60-67H2,1-5H3/p+1/b11-9-,17-15-,23-21-,26-24-,47-44-,53-51-,59-57-. The van der Waals surface area contributed by atoms with Gasteiger partial charge in [-0.05, 0) is 77.0 Å². The molecule has 9 heteroatoms. The molecule has 0 aromatic carbocycles. The van der Waals surface area contributed by atoms with Gasteiger partial charge in [0.25, 0.3) is 6.29 Å². The lowest BCUT2D eigenvalue weighted by Gasteiger charge is -2.25. The molecule has 9 nitrogen and oxygen atoms in total. The van der Waals surface area contributed by atoms with Gasteiger partial charge in [-0.2, -0.15) is 0 Å². The van der Waals surface area contributed by atoms with E-state index >= 15 is 0 Å². The molecule has 0 rings (SSSR count). The van der Waals surface area contributed by atoms with Crippen LogP contribution in [-0.4, -0.2) is 87.4 Å². The van der Waals surface area contributed by atoms with Crippen LogP contribution in [0.4, 0.5) is 0 Å². The van der Waals surface area contributed by atoms with E-state index in [1.165, 1.54) is 205 Å². The first-order valence-electron chi connectivity index (χ1n) is 33.8. The van der Waals surface area contributed by atoms with Gasteiger partial charge in [0, 0.05) is 12.8 Å². The molecular formula is C72H128NO8+. The molecule has 0 saturated carbocycles. The van der Waals surface area contributed by atoms with Crippen LogP contribution in [0.15, 0.2) is 85.1 Å². The molecule has 0 fully saturated rings. The van der Waals surface area contributed by atoms with E-state index in [1.807, 2.05) is 33.3 Å². The Morgan fingerprint density at radius 1 is 0.383 bits per heavy atom. The van der Waals surface area contributed by atoms with E-state index in [0.29, 0.717) is 17.4 Å². The van der Waals surface area contributed by atoms with Gasteiger partial charge < -0.3 is 28.5 Å². The Morgan fingerprint density at radius 2 is 0.728 bits per heavy atom. The van der Waals surface area contributed by atoms with Gasteiger partial charge >= 0.3 is 17.9 Å². The van der Waals surface area contributed by atoms with Gasteiger partial charge in [-0.1, -0.05) is 292 Å². The molecule has 1 N–H and O–H groups in total. The van der Waals surface area contributed by atoms with Crippen molar-refractivity contribution in [3.63, 3.8) is 0 Å². The minimum Gasteiger partial charge on any atom is -0.477 e. The fourth-order valence-corrected chi connectivity index (χ4v) is 9.51. The summed E-state index contributed by atoms with van der Waals surface area (Å²) in [7, 11) is 5.95. The number of aliphatic carboxylic acids is 1. The van der Waals surface area contributed by atoms with E-state index in [-0.39, 0.29) is 38.6 Å². The number of allylic oxidation sites excluding steroid dienone is 14. The van der Waals surface area contributed by atoms with Crippen LogP contribution in [0, 0.1) is 0 Å². The minimum atomic E-state index is -1.53. The third kappa shape index (κ3) is 63.9. The molecule has 2 atom stereocenters. The van der Waals surface area contributed by atoms with Crippen molar-refractivity contribution < 1.29 is 42.9 Å². The maximum Gasteiger partial charge on any atom is 0.361 e. The first-order chi connectivity index (χ1) is 39.6. The zero-order chi connectivity index (χ0) is 59.1. The molecule has 0 radical (unpaired) electrons. The molecule has 468 valence electrons. The Hall–Kier alpha value is -3.53. The highest BCUT2D eigenvalue weighted by Gasteiger charge is 2.25. The molecular weight excluding hydrogens is 1010 g/mol. The minimum absolute atomic E-state index is 0.133. The molecule has 81 heavy (non-hydrogen) atoms. The first-order valence-corrected chi connectivity index (χ1v) is 33.8. The number of ether oxygens (including phenoxy) is 4. The number of carboxylic acids is 1. The highest BCUT2D eigenvalue weighted by Crippen LogP contribution is 2.18. The lowest BCUT2D eigenvalue weighted by Crippen LogP contribution is -2.40. The number of rotatable bonds is 62. The Morgan fingerprint density at radius 3 is 1.10 bits per heavy atom. The van der Waals surface area contributed by atoms with Crippen molar-refractivity contribution in [1.82, 2.24) is 0 Å². The summed E-state index contributed by atoms with van der Waals surface area (Å²) in [4.78, 5) is 37.5. The molecule has 0 spiro atoms. The van der Waals surface area contributed by atoms with Crippen LogP contribution in [-0.2, 0) is 33.3 Å². The number of quaternary nitrogens is 1. The Labute approximate surface area is 500 Å². The summed E-state index contributed by atoms with van der Waals surface area (Å²) in [6.07, 6.45) is 81.7. The number of likely N-dealkylation sites (N-methyl/N-ethyl adjacent to an activating group) is 1. The average Bonchev–Trinajstić information content (AvgIpc) is 3.44.